The number of nitrogens with one attached hydrogen (secondary N) is 3. The SMILES string of the molecule is CN=C(NCc1ccc(CN2CCCC2)cc1)NCc1cccc(S(=O)(=O)NC)c1. The molecule has 1 saturated heterocycles. The highest BCUT2D eigenvalue weighted by Crippen LogP contribution is 2.13. The summed E-state index contributed by atoms with van der Waals surface area (Å²) in [7, 11) is -0.323. The Bertz CT molecular complexity index is 952. The third-order valence-corrected chi connectivity index (χ3v) is 6.66. The first-order chi connectivity index (χ1) is 14.5. The molecule has 30 heavy (non-hydrogen) atoms. The molecule has 2 aromatic carbocycles. The van der Waals surface area contributed by atoms with E-state index in [0.29, 0.717) is 19.0 Å². The highest BCUT2D eigenvalue weighted by Gasteiger charge is 2.12. The fourth-order valence-corrected chi connectivity index (χ4v) is 4.29. The van der Waals surface area contributed by atoms with Crippen LogP contribution in [0.15, 0.2) is 58.4 Å². The summed E-state index contributed by atoms with van der Waals surface area (Å²) in [6, 6.07) is 15.5. The normalized spacial score (nSPS) is 15.3. The molecular formula is C22H31N5O2S. The number of likely N-dealkylation sites (tertiary alicyclic amines) is 1. The number of guanidine groups is 1. The maximum atomic E-state index is 12.0. The zero-order valence-electron chi connectivity index (χ0n) is 17.7. The molecule has 162 valence electrons. The quantitative estimate of drug-likeness (QED) is 0.442. The molecule has 0 amide bonds. The number of benzene rings is 2. The monoisotopic (exact) mass is 429 g/mol. The third kappa shape index (κ3) is 6.29. The van der Waals surface area contributed by atoms with Crippen molar-refractivity contribution < 1.29 is 8.42 Å². The first-order valence-corrected chi connectivity index (χ1v) is 11.8. The van der Waals surface area contributed by atoms with E-state index in [1.807, 2.05) is 6.07 Å². The van der Waals surface area contributed by atoms with Crippen molar-refractivity contribution in [2.45, 2.75) is 37.4 Å². The third-order valence-electron chi connectivity index (χ3n) is 5.25. The van der Waals surface area contributed by atoms with Crippen LogP contribution >= 0.6 is 0 Å². The molecule has 0 saturated carbocycles. The molecule has 1 aliphatic rings. The van der Waals surface area contributed by atoms with Crippen LogP contribution in [-0.2, 0) is 29.7 Å². The highest BCUT2D eigenvalue weighted by molar-refractivity contribution is 7.89. The van der Waals surface area contributed by atoms with Crippen molar-refractivity contribution in [3.63, 3.8) is 0 Å². The van der Waals surface area contributed by atoms with E-state index in [-0.39, 0.29) is 4.90 Å². The van der Waals surface area contributed by atoms with Gasteiger partial charge < -0.3 is 10.6 Å². The summed E-state index contributed by atoms with van der Waals surface area (Å²) in [5.41, 5.74) is 3.39. The minimum Gasteiger partial charge on any atom is -0.352 e. The van der Waals surface area contributed by atoms with Crippen LogP contribution in [0.3, 0.4) is 0 Å². The lowest BCUT2D eigenvalue weighted by molar-refractivity contribution is 0.331. The molecule has 7 nitrogen and oxygen atoms in total. The van der Waals surface area contributed by atoms with E-state index in [0.717, 1.165) is 12.1 Å². The zero-order valence-corrected chi connectivity index (χ0v) is 18.5. The average Bonchev–Trinajstić information content (AvgIpc) is 3.28. The number of sulfonamides is 1. The lowest BCUT2D eigenvalue weighted by atomic mass is 10.1. The standard InChI is InChI=1S/C22H31N5O2S/c1-23-22(26-16-20-6-5-7-21(14-20)30(28,29)24-2)25-15-18-8-10-19(11-9-18)17-27-12-3-4-13-27/h5-11,14,24H,3-4,12-13,15-17H2,1-2H3,(H2,23,25,26). The topological polar surface area (TPSA) is 85.8 Å². The molecule has 0 aliphatic carbocycles. The largest absolute Gasteiger partial charge is 0.352 e. The summed E-state index contributed by atoms with van der Waals surface area (Å²) in [5, 5.41) is 6.53. The lowest BCUT2D eigenvalue weighted by Gasteiger charge is -2.15. The van der Waals surface area contributed by atoms with Crippen molar-refractivity contribution in [3.05, 3.63) is 65.2 Å². The Morgan fingerprint density at radius 3 is 2.23 bits per heavy atom. The summed E-state index contributed by atoms with van der Waals surface area (Å²) < 4.78 is 26.3. The number of hydrogen-bond donors (Lipinski definition) is 3. The molecule has 1 aliphatic heterocycles. The van der Waals surface area contributed by atoms with E-state index in [2.05, 4.69) is 49.5 Å². The van der Waals surface area contributed by atoms with Gasteiger partial charge >= 0.3 is 0 Å². The summed E-state index contributed by atoms with van der Waals surface area (Å²) in [4.78, 5) is 7.00. The number of hydrogen-bond acceptors (Lipinski definition) is 4. The Morgan fingerprint density at radius 2 is 1.60 bits per heavy atom. The molecule has 0 unspecified atom stereocenters. The van der Waals surface area contributed by atoms with Gasteiger partial charge in [-0.2, -0.15) is 0 Å². The predicted octanol–water partition coefficient (Wildman–Crippen LogP) is 2.06. The van der Waals surface area contributed by atoms with E-state index < -0.39 is 10.0 Å². The average molecular weight is 430 g/mol. The second-order valence-electron chi connectivity index (χ2n) is 7.43. The Morgan fingerprint density at radius 1 is 0.967 bits per heavy atom. The molecule has 0 spiro atoms. The molecule has 2 aromatic rings. The van der Waals surface area contributed by atoms with Gasteiger partial charge in [-0.1, -0.05) is 36.4 Å². The fourth-order valence-electron chi connectivity index (χ4n) is 3.49. The van der Waals surface area contributed by atoms with Gasteiger partial charge in [0.2, 0.25) is 10.0 Å². The fraction of sp³-hybridized carbons (Fsp3) is 0.409. The van der Waals surface area contributed by atoms with Crippen LogP contribution in [0.25, 0.3) is 0 Å². The Labute approximate surface area is 179 Å². The van der Waals surface area contributed by atoms with E-state index in [1.165, 1.54) is 44.1 Å². The van der Waals surface area contributed by atoms with E-state index in [1.54, 1.807) is 25.2 Å². The van der Waals surface area contributed by atoms with Crippen molar-refractivity contribution >= 4 is 16.0 Å². The Balaban J connectivity index is 1.50. The van der Waals surface area contributed by atoms with Gasteiger partial charge in [0.25, 0.3) is 0 Å². The van der Waals surface area contributed by atoms with Crippen molar-refractivity contribution in [1.82, 2.24) is 20.3 Å². The molecule has 0 atom stereocenters. The lowest BCUT2D eigenvalue weighted by Crippen LogP contribution is -2.36. The second kappa shape index (κ2) is 10.6. The molecule has 8 heteroatoms. The molecule has 0 aromatic heterocycles. The van der Waals surface area contributed by atoms with Crippen LogP contribution in [0.2, 0.25) is 0 Å². The molecule has 3 rings (SSSR count). The van der Waals surface area contributed by atoms with E-state index >= 15 is 0 Å². The van der Waals surface area contributed by atoms with E-state index in [4.69, 9.17) is 0 Å². The van der Waals surface area contributed by atoms with Gasteiger partial charge in [0.15, 0.2) is 5.96 Å². The summed E-state index contributed by atoms with van der Waals surface area (Å²) >= 11 is 0. The number of aliphatic imine (C=N–C) groups is 1. The maximum Gasteiger partial charge on any atom is 0.240 e. The summed E-state index contributed by atoms with van der Waals surface area (Å²) in [6.45, 7) is 4.57. The second-order valence-corrected chi connectivity index (χ2v) is 9.32. The Hall–Kier alpha value is -2.42. The van der Waals surface area contributed by atoms with Crippen LogP contribution < -0.4 is 15.4 Å². The van der Waals surface area contributed by atoms with Crippen LogP contribution in [-0.4, -0.2) is 46.5 Å². The molecule has 1 heterocycles. The van der Waals surface area contributed by atoms with Crippen molar-refractivity contribution in [3.8, 4) is 0 Å². The van der Waals surface area contributed by atoms with Crippen molar-refractivity contribution in [2.75, 3.05) is 27.2 Å². The highest BCUT2D eigenvalue weighted by atomic mass is 32.2. The smallest absolute Gasteiger partial charge is 0.240 e. The molecular weight excluding hydrogens is 398 g/mol. The molecule has 0 radical (unpaired) electrons. The van der Waals surface area contributed by atoms with Gasteiger partial charge in [-0.05, 0) is 61.8 Å². The first kappa shape index (κ1) is 22.3. The molecule has 1 fully saturated rings. The minimum absolute atomic E-state index is 0.251. The van der Waals surface area contributed by atoms with Gasteiger partial charge in [0, 0.05) is 26.7 Å². The van der Waals surface area contributed by atoms with Crippen LogP contribution in [0, 0.1) is 0 Å². The number of rotatable bonds is 8. The van der Waals surface area contributed by atoms with Gasteiger partial charge in [-0.15, -0.1) is 0 Å². The van der Waals surface area contributed by atoms with Gasteiger partial charge in [0.05, 0.1) is 4.90 Å². The van der Waals surface area contributed by atoms with E-state index in [9.17, 15) is 8.42 Å². The predicted molar refractivity (Wildman–Crippen MR) is 121 cm³/mol. The maximum absolute atomic E-state index is 12.0. The van der Waals surface area contributed by atoms with Gasteiger partial charge in [-0.3, -0.25) is 9.89 Å². The van der Waals surface area contributed by atoms with Crippen molar-refractivity contribution in [1.29, 1.82) is 0 Å². The first-order valence-electron chi connectivity index (χ1n) is 10.3. The number of nitrogens with zero attached hydrogens (tertiary/aromatic N) is 2. The summed E-state index contributed by atoms with van der Waals surface area (Å²) in [5.74, 6) is 0.665. The van der Waals surface area contributed by atoms with Gasteiger partial charge in [0.1, 0.15) is 0 Å². The van der Waals surface area contributed by atoms with Crippen LogP contribution in [0.4, 0.5) is 0 Å². The van der Waals surface area contributed by atoms with Crippen LogP contribution in [0.5, 0.6) is 0 Å². The Kier molecular flexibility index (Phi) is 7.84. The van der Waals surface area contributed by atoms with Gasteiger partial charge in [-0.25, -0.2) is 13.1 Å². The van der Waals surface area contributed by atoms with Crippen LogP contribution in [0.1, 0.15) is 29.5 Å². The summed E-state index contributed by atoms with van der Waals surface area (Å²) in [6.07, 6.45) is 2.62. The zero-order chi connectivity index (χ0) is 21.4. The molecule has 3 N–H and O–H groups in total. The van der Waals surface area contributed by atoms with Crippen molar-refractivity contribution in [2.24, 2.45) is 4.99 Å². The molecule has 0 bridgehead atoms. The minimum atomic E-state index is -3.45.